The molecule has 0 spiro atoms. The number of hydrogen-bond acceptors (Lipinski definition) is 3. The molecule has 42 heavy (non-hydrogen) atoms. The summed E-state index contributed by atoms with van der Waals surface area (Å²) in [7, 11) is 0. The van der Waals surface area contributed by atoms with Crippen LogP contribution in [0.4, 0.5) is 0 Å². The van der Waals surface area contributed by atoms with Gasteiger partial charge in [0, 0.05) is 22.3 Å². The highest BCUT2D eigenvalue weighted by atomic mass is 16.7. The van der Waals surface area contributed by atoms with E-state index in [0.29, 0.717) is 11.3 Å². The molecule has 0 unspecified atom stereocenters. The van der Waals surface area contributed by atoms with Gasteiger partial charge in [-0.25, -0.2) is 0 Å². The summed E-state index contributed by atoms with van der Waals surface area (Å²) in [5.74, 6) is -0.0155. The van der Waals surface area contributed by atoms with Crippen molar-refractivity contribution >= 4 is 22.6 Å². The zero-order valence-corrected chi connectivity index (χ0v) is 24.0. The van der Waals surface area contributed by atoms with E-state index in [9.17, 15) is 0 Å². The summed E-state index contributed by atoms with van der Waals surface area (Å²) in [5.41, 5.74) is 7.39. The number of allylic oxidation sites excluding steroid dienone is 1. The zero-order chi connectivity index (χ0) is 28.9. The quantitative estimate of drug-likeness (QED) is 0.223. The lowest BCUT2D eigenvalue weighted by Gasteiger charge is -2.40. The monoisotopic (exact) mass is 545 g/mol. The van der Waals surface area contributed by atoms with Gasteiger partial charge in [-0.2, -0.15) is 0 Å². The third-order valence-corrected chi connectivity index (χ3v) is 8.75. The second-order valence-electron chi connectivity index (χ2n) is 11.3. The topological polar surface area (TPSA) is 38.7 Å². The van der Waals surface area contributed by atoms with Crippen LogP contribution in [0.3, 0.4) is 0 Å². The lowest BCUT2D eigenvalue weighted by molar-refractivity contribution is -0.121. The van der Waals surface area contributed by atoms with Crippen molar-refractivity contribution in [3.63, 3.8) is 0 Å². The van der Waals surface area contributed by atoms with Gasteiger partial charge in [0.05, 0.1) is 0 Å². The lowest BCUT2D eigenvalue weighted by atomic mass is 9.59. The van der Waals surface area contributed by atoms with Gasteiger partial charge in [0.25, 0.3) is 0 Å². The molecule has 7 rings (SSSR count). The van der Waals surface area contributed by atoms with Crippen LogP contribution in [0.1, 0.15) is 44.5 Å². The number of ketones is 1. The van der Waals surface area contributed by atoms with E-state index < -0.39 is 11.0 Å². The predicted molar refractivity (Wildman–Crippen MR) is 169 cm³/mol. The first kappa shape index (κ1) is 25.9. The second kappa shape index (κ2) is 9.81. The third kappa shape index (κ3) is 3.46. The van der Waals surface area contributed by atoms with Crippen LogP contribution >= 0.6 is 0 Å². The molecular weight excluding hydrogens is 514 g/mol. The van der Waals surface area contributed by atoms with Crippen LogP contribution in [0, 0.1) is 20.8 Å². The number of fused-ring (bicyclic) bond motifs is 1. The summed E-state index contributed by atoms with van der Waals surface area (Å²) in [6, 6.07) is 44.7. The lowest BCUT2D eigenvalue weighted by Crippen LogP contribution is -2.54. The van der Waals surface area contributed by atoms with E-state index in [-0.39, 0.29) is 5.78 Å². The number of carbonyl (C=O) groups is 1. The Balaban J connectivity index is 1.68. The Morgan fingerprint density at radius 1 is 0.595 bits per heavy atom. The van der Waals surface area contributed by atoms with Crippen molar-refractivity contribution in [2.24, 2.45) is 5.16 Å². The molecule has 0 saturated heterocycles. The third-order valence-electron chi connectivity index (χ3n) is 8.75. The molecule has 1 aliphatic heterocycles. The molecule has 5 aromatic carbocycles. The molecule has 2 atom stereocenters. The molecule has 0 aromatic heterocycles. The highest BCUT2D eigenvalue weighted by molar-refractivity contribution is 6.46. The van der Waals surface area contributed by atoms with Crippen molar-refractivity contribution in [1.29, 1.82) is 0 Å². The Labute approximate surface area is 246 Å². The highest BCUT2D eigenvalue weighted by Gasteiger charge is 2.74. The van der Waals surface area contributed by atoms with Gasteiger partial charge in [-0.15, -0.1) is 0 Å². The number of aryl methyl sites for hydroxylation is 3. The Morgan fingerprint density at radius 2 is 1.07 bits per heavy atom. The van der Waals surface area contributed by atoms with Crippen LogP contribution in [0.5, 0.6) is 0 Å². The average molecular weight is 546 g/mol. The molecule has 204 valence electrons. The number of hydrogen-bond donors (Lipinski definition) is 0. The van der Waals surface area contributed by atoms with E-state index in [1.807, 2.05) is 84.9 Å². The van der Waals surface area contributed by atoms with E-state index in [4.69, 9.17) is 9.99 Å². The first-order chi connectivity index (χ1) is 20.5. The van der Waals surface area contributed by atoms with Gasteiger partial charge in [0.15, 0.2) is 11.2 Å². The van der Waals surface area contributed by atoms with Crippen molar-refractivity contribution in [2.45, 2.75) is 31.8 Å². The summed E-state index contributed by atoms with van der Waals surface area (Å²) < 4.78 is 0. The largest absolute Gasteiger partial charge is 0.377 e. The summed E-state index contributed by atoms with van der Waals surface area (Å²) in [6.45, 7) is 6.30. The van der Waals surface area contributed by atoms with Crippen LogP contribution in [0.15, 0.2) is 139 Å². The Kier molecular flexibility index (Phi) is 6.06. The molecular formula is C39H31NO2. The maximum Gasteiger partial charge on any atom is 0.211 e. The molecule has 3 nitrogen and oxygen atoms in total. The maximum atomic E-state index is 15.7. The van der Waals surface area contributed by atoms with Crippen LogP contribution in [-0.2, 0) is 20.6 Å². The molecule has 2 aliphatic rings. The van der Waals surface area contributed by atoms with Crippen LogP contribution in [-0.4, -0.2) is 11.5 Å². The Bertz CT molecular complexity index is 1850. The number of rotatable bonds is 5. The average Bonchev–Trinajstić information content (AvgIpc) is 3.48. The predicted octanol–water partition coefficient (Wildman–Crippen LogP) is 8.37. The summed E-state index contributed by atoms with van der Waals surface area (Å²) >= 11 is 0. The van der Waals surface area contributed by atoms with Gasteiger partial charge in [-0.05, 0) is 48.6 Å². The molecule has 0 amide bonds. The van der Waals surface area contributed by atoms with E-state index in [0.717, 1.165) is 44.5 Å². The zero-order valence-electron chi connectivity index (χ0n) is 24.0. The molecule has 5 aromatic rings. The minimum atomic E-state index is -1.28. The number of oxime groups is 1. The van der Waals surface area contributed by atoms with E-state index in [2.05, 4.69) is 69.3 Å². The molecule has 0 saturated carbocycles. The fraction of sp³-hybridized carbons (Fsp3) is 0.128. The van der Waals surface area contributed by atoms with Gasteiger partial charge in [-0.3, -0.25) is 4.79 Å². The summed E-state index contributed by atoms with van der Waals surface area (Å²) in [4.78, 5) is 22.6. The first-order valence-electron chi connectivity index (χ1n) is 14.4. The molecule has 3 heteroatoms. The Morgan fingerprint density at radius 3 is 1.62 bits per heavy atom. The smallest absolute Gasteiger partial charge is 0.211 e. The minimum Gasteiger partial charge on any atom is -0.377 e. The van der Waals surface area contributed by atoms with E-state index >= 15 is 4.79 Å². The highest BCUT2D eigenvalue weighted by Crippen LogP contribution is 2.66. The molecule has 0 N–H and O–H groups in total. The van der Waals surface area contributed by atoms with E-state index in [1.165, 1.54) is 5.56 Å². The van der Waals surface area contributed by atoms with Gasteiger partial charge < -0.3 is 4.84 Å². The number of benzene rings is 5. The van der Waals surface area contributed by atoms with E-state index in [1.54, 1.807) is 0 Å². The van der Waals surface area contributed by atoms with Crippen molar-refractivity contribution in [2.75, 3.05) is 0 Å². The molecule has 0 fully saturated rings. The fourth-order valence-corrected chi connectivity index (χ4v) is 7.26. The van der Waals surface area contributed by atoms with Gasteiger partial charge >= 0.3 is 0 Å². The molecule has 1 aliphatic carbocycles. The molecule has 1 heterocycles. The van der Waals surface area contributed by atoms with Crippen LogP contribution in [0.2, 0.25) is 0 Å². The van der Waals surface area contributed by atoms with Gasteiger partial charge in [0.1, 0.15) is 5.71 Å². The van der Waals surface area contributed by atoms with Crippen LogP contribution < -0.4 is 0 Å². The minimum absolute atomic E-state index is 0.0155. The van der Waals surface area contributed by atoms with Crippen molar-refractivity contribution in [1.82, 2.24) is 0 Å². The second-order valence-corrected chi connectivity index (χ2v) is 11.3. The number of nitrogens with zero attached hydrogens (tertiary/aromatic N) is 1. The van der Waals surface area contributed by atoms with Crippen molar-refractivity contribution < 1.29 is 9.63 Å². The van der Waals surface area contributed by atoms with Gasteiger partial charge in [-0.1, -0.05) is 144 Å². The van der Waals surface area contributed by atoms with Gasteiger partial charge in [0.2, 0.25) is 5.60 Å². The standard InChI is InChI=1S/C39H31NO2/c1-26-24-27(2)33(28(3)25-26)36-38(31-20-12-6-13-21-31)37(41)34(29-16-8-4-9-17-29)35(30-18-10-5-11-19-30)39(38,42-40-36)32-22-14-7-15-23-32/h4-25H,1-3H3/t38-,39+/m0/s1. The number of Topliss-reactive ketones (excluding diaryl/α,β-unsaturated/α-hetero) is 1. The first-order valence-corrected chi connectivity index (χ1v) is 14.4. The van der Waals surface area contributed by atoms with Crippen LogP contribution in [0.25, 0.3) is 11.1 Å². The van der Waals surface area contributed by atoms with Crippen molar-refractivity contribution in [3.05, 3.63) is 178 Å². The van der Waals surface area contributed by atoms with Crippen molar-refractivity contribution in [3.8, 4) is 0 Å². The number of carbonyl (C=O) groups excluding carboxylic acids is 1. The normalized spacial score (nSPS) is 21.2. The summed E-state index contributed by atoms with van der Waals surface area (Å²) in [6.07, 6.45) is 0. The SMILES string of the molecule is Cc1cc(C)c(C2=NO[C@]3(c4ccccc4)C(c4ccccc4)=C(c4ccccc4)C(=O)[C@]23c2ccccc2)c(C)c1. The molecule has 0 radical (unpaired) electrons. The summed E-state index contributed by atoms with van der Waals surface area (Å²) in [5, 5.41) is 4.95. The Hall–Kier alpha value is -5.02. The molecule has 0 bridgehead atoms. The maximum absolute atomic E-state index is 15.7. The fourth-order valence-electron chi connectivity index (χ4n) is 7.26.